The topological polar surface area (TPSA) is 98.7 Å². The summed E-state index contributed by atoms with van der Waals surface area (Å²) in [5.41, 5.74) is 0. The fourth-order valence-corrected chi connectivity index (χ4v) is 7.76. The standard InChI is InChI=1S/C20H33N3O4S/c1-6-7-21-17(25)14-13-8-11(4)20(28-13)15(14)19(27)23(12(5)9-24)16(20)18(26)22-10(2)3/h10-16,24H,6-9H2,1-5H3,(H,21,25)(H,22,26)/t11?,12-,13-,14+,15+,16?,20?/m1/s1. The van der Waals surface area contributed by atoms with E-state index in [4.69, 9.17) is 0 Å². The predicted octanol–water partition coefficient (Wildman–Crippen LogP) is 0.755. The molecule has 7 atom stereocenters. The van der Waals surface area contributed by atoms with Crippen molar-refractivity contribution in [1.29, 1.82) is 0 Å². The minimum Gasteiger partial charge on any atom is -0.394 e. The third kappa shape index (κ3) is 3.03. The highest BCUT2D eigenvalue weighted by molar-refractivity contribution is 8.02. The summed E-state index contributed by atoms with van der Waals surface area (Å²) in [6.45, 7) is 10.0. The Bertz CT molecular complexity index is 657. The number of hydrogen-bond donors (Lipinski definition) is 3. The van der Waals surface area contributed by atoms with Crippen molar-refractivity contribution in [2.75, 3.05) is 13.2 Å². The van der Waals surface area contributed by atoms with Crippen LogP contribution in [0.15, 0.2) is 0 Å². The first kappa shape index (κ1) is 21.4. The molecule has 0 aromatic rings. The molecule has 3 heterocycles. The van der Waals surface area contributed by atoms with Crippen molar-refractivity contribution in [2.24, 2.45) is 17.8 Å². The third-order valence-electron chi connectivity index (χ3n) is 6.45. The second-order valence-electron chi connectivity index (χ2n) is 8.78. The third-order valence-corrected chi connectivity index (χ3v) is 8.53. The number of fused-ring (bicyclic) bond motifs is 1. The van der Waals surface area contributed by atoms with Crippen LogP contribution in [0.2, 0.25) is 0 Å². The van der Waals surface area contributed by atoms with E-state index in [0.29, 0.717) is 6.54 Å². The number of amides is 3. The van der Waals surface area contributed by atoms with Gasteiger partial charge in [-0.25, -0.2) is 0 Å². The van der Waals surface area contributed by atoms with E-state index in [1.807, 2.05) is 20.8 Å². The van der Waals surface area contributed by atoms with Gasteiger partial charge in [0.05, 0.1) is 29.2 Å². The second-order valence-corrected chi connectivity index (χ2v) is 10.3. The van der Waals surface area contributed by atoms with Gasteiger partial charge < -0.3 is 20.6 Å². The smallest absolute Gasteiger partial charge is 0.244 e. The van der Waals surface area contributed by atoms with Crippen molar-refractivity contribution in [1.82, 2.24) is 15.5 Å². The van der Waals surface area contributed by atoms with Crippen LogP contribution in [0.4, 0.5) is 0 Å². The molecule has 0 aliphatic carbocycles. The molecule has 3 aliphatic rings. The number of nitrogens with one attached hydrogen (secondary N) is 2. The zero-order valence-corrected chi connectivity index (χ0v) is 18.2. The van der Waals surface area contributed by atoms with Crippen LogP contribution in [0.3, 0.4) is 0 Å². The highest BCUT2D eigenvalue weighted by atomic mass is 32.2. The Hall–Kier alpha value is -1.28. The number of thioether (sulfide) groups is 1. The molecule has 3 saturated heterocycles. The van der Waals surface area contributed by atoms with Gasteiger partial charge in [0.2, 0.25) is 17.7 Å². The van der Waals surface area contributed by atoms with E-state index in [-0.39, 0.29) is 41.5 Å². The Kier molecular flexibility index (Phi) is 6.01. The van der Waals surface area contributed by atoms with Crippen LogP contribution in [0.1, 0.15) is 47.5 Å². The van der Waals surface area contributed by atoms with Crippen LogP contribution in [-0.2, 0) is 14.4 Å². The second kappa shape index (κ2) is 7.86. The van der Waals surface area contributed by atoms with Crippen LogP contribution in [-0.4, -0.2) is 69.0 Å². The van der Waals surface area contributed by atoms with Crippen LogP contribution in [0.25, 0.3) is 0 Å². The Balaban J connectivity index is 2.04. The average Bonchev–Trinajstić information content (AvgIpc) is 3.22. The summed E-state index contributed by atoms with van der Waals surface area (Å²) in [5, 5.41) is 15.8. The summed E-state index contributed by atoms with van der Waals surface area (Å²) >= 11 is 1.66. The summed E-state index contributed by atoms with van der Waals surface area (Å²) < 4.78 is -0.613. The number of hydrogen-bond acceptors (Lipinski definition) is 5. The molecular formula is C20H33N3O4S. The van der Waals surface area contributed by atoms with Crippen molar-refractivity contribution in [2.45, 2.75) is 75.6 Å². The highest BCUT2D eigenvalue weighted by Crippen LogP contribution is 2.68. The van der Waals surface area contributed by atoms with Crippen LogP contribution < -0.4 is 10.6 Å². The molecule has 3 amide bonds. The van der Waals surface area contributed by atoms with E-state index in [1.54, 1.807) is 23.6 Å². The Labute approximate surface area is 171 Å². The number of carbonyl (C=O) groups excluding carboxylic acids is 3. The van der Waals surface area contributed by atoms with Crippen molar-refractivity contribution in [3.63, 3.8) is 0 Å². The summed E-state index contributed by atoms with van der Waals surface area (Å²) in [6.07, 6.45) is 1.66. The van der Waals surface area contributed by atoms with Crippen LogP contribution >= 0.6 is 11.8 Å². The quantitative estimate of drug-likeness (QED) is 0.574. The van der Waals surface area contributed by atoms with E-state index in [9.17, 15) is 19.5 Å². The number of aliphatic hydroxyl groups is 1. The number of nitrogens with zero attached hydrogens (tertiary/aromatic N) is 1. The van der Waals surface area contributed by atoms with Gasteiger partial charge in [0.25, 0.3) is 0 Å². The monoisotopic (exact) mass is 411 g/mol. The normalized spacial score (nSPS) is 37.3. The molecule has 3 rings (SSSR count). The van der Waals surface area contributed by atoms with E-state index in [1.165, 1.54) is 0 Å². The number of rotatable bonds is 7. The lowest BCUT2D eigenvalue weighted by Gasteiger charge is -2.39. The van der Waals surface area contributed by atoms with Gasteiger partial charge in [-0.05, 0) is 39.5 Å². The van der Waals surface area contributed by atoms with Gasteiger partial charge in [-0.2, -0.15) is 0 Å². The molecule has 2 bridgehead atoms. The largest absolute Gasteiger partial charge is 0.394 e. The van der Waals surface area contributed by atoms with E-state index in [0.717, 1.165) is 12.8 Å². The summed E-state index contributed by atoms with van der Waals surface area (Å²) in [7, 11) is 0. The molecule has 0 aromatic carbocycles. The first-order valence-electron chi connectivity index (χ1n) is 10.4. The summed E-state index contributed by atoms with van der Waals surface area (Å²) in [5.74, 6) is -1.20. The fourth-order valence-electron chi connectivity index (χ4n) is 5.35. The molecule has 158 valence electrons. The minimum atomic E-state index is -0.663. The van der Waals surface area contributed by atoms with Crippen LogP contribution in [0, 0.1) is 17.8 Å². The van der Waals surface area contributed by atoms with Crippen molar-refractivity contribution in [3.05, 3.63) is 0 Å². The van der Waals surface area contributed by atoms with Crippen molar-refractivity contribution >= 4 is 29.5 Å². The Morgan fingerprint density at radius 1 is 1.32 bits per heavy atom. The van der Waals surface area contributed by atoms with Gasteiger partial charge in [0.15, 0.2) is 0 Å². The highest BCUT2D eigenvalue weighted by Gasteiger charge is 2.76. The maximum Gasteiger partial charge on any atom is 0.244 e. The van der Waals surface area contributed by atoms with Gasteiger partial charge >= 0.3 is 0 Å². The lowest BCUT2D eigenvalue weighted by Crippen LogP contribution is -2.59. The molecule has 3 aliphatic heterocycles. The first-order chi connectivity index (χ1) is 13.2. The zero-order chi connectivity index (χ0) is 20.8. The number of carbonyl (C=O) groups is 3. The zero-order valence-electron chi connectivity index (χ0n) is 17.4. The average molecular weight is 412 g/mol. The van der Waals surface area contributed by atoms with E-state index >= 15 is 0 Å². The SMILES string of the molecule is CCCNC(=O)[C@@H]1[C@H]2C(=O)N([C@H](C)CO)C(C(=O)NC(C)C)C23S[C@@H]1CC3C. The lowest BCUT2D eigenvalue weighted by molar-refractivity contribution is -0.142. The molecule has 0 aromatic heterocycles. The van der Waals surface area contributed by atoms with Gasteiger partial charge in [0, 0.05) is 17.8 Å². The summed E-state index contributed by atoms with van der Waals surface area (Å²) in [4.78, 5) is 41.3. The first-order valence-corrected chi connectivity index (χ1v) is 11.3. The molecule has 8 heteroatoms. The Morgan fingerprint density at radius 2 is 2.00 bits per heavy atom. The van der Waals surface area contributed by atoms with E-state index < -0.39 is 28.7 Å². The molecule has 3 unspecified atom stereocenters. The van der Waals surface area contributed by atoms with Crippen molar-refractivity contribution in [3.8, 4) is 0 Å². The Morgan fingerprint density at radius 3 is 2.57 bits per heavy atom. The number of aliphatic hydroxyl groups excluding tert-OH is 1. The molecule has 7 nitrogen and oxygen atoms in total. The fraction of sp³-hybridized carbons (Fsp3) is 0.850. The van der Waals surface area contributed by atoms with Crippen molar-refractivity contribution < 1.29 is 19.5 Å². The molecule has 1 spiro atoms. The molecule has 0 saturated carbocycles. The van der Waals surface area contributed by atoms with Crippen LogP contribution in [0.5, 0.6) is 0 Å². The van der Waals surface area contributed by atoms with E-state index in [2.05, 4.69) is 17.6 Å². The van der Waals surface area contributed by atoms with Gasteiger partial charge in [-0.3, -0.25) is 14.4 Å². The maximum atomic E-state index is 13.5. The predicted molar refractivity (Wildman–Crippen MR) is 109 cm³/mol. The van der Waals surface area contributed by atoms with Gasteiger partial charge in [-0.1, -0.05) is 13.8 Å². The summed E-state index contributed by atoms with van der Waals surface area (Å²) in [6, 6.07) is -1.18. The minimum absolute atomic E-state index is 0.0492. The maximum absolute atomic E-state index is 13.5. The van der Waals surface area contributed by atoms with Gasteiger partial charge in [0.1, 0.15) is 6.04 Å². The molecular weight excluding hydrogens is 378 g/mol. The lowest BCUT2D eigenvalue weighted by atomic mass is 9.66. The molecule has 0 radical (unpaired) electrons. The van der Waals surface area contributed by atoms with Gasteiger partial charge in [-0.15, -0.1) is 11.8 Å². The molecule has 3 fully saturated rings. The molecule has 28 heavy (non-hydrogen) atoms. The molecule has 3 N–H and O–H groups in total. The number of likely N-dealkylation sites (tertiary alicyclic amines) is 1.